The second-order valence-electron chi connectivity index (χ2n) is 14.0. The van der Waals surface area contributed by atoms with Gasteiger partial charge in [-0.05, 0) is 68.1 Å². The lowest BCUT2D eigenvalue weighted by Gasteiger charge is -2.39. The lowest BCUT2D eigenvalue weighted by molar-refractivity contribution is 0.436. The Morgan fingerprint density at radius 2 is 1.11 bits per heavy atom. The van der Waals surface area contributed by atoms with Crippen LogP contribution in [0.4, 0.5) is 0 Å². The Hall–Kier alpha value is -6.62. The number of thiophene rings is 1. The molecule has 0 N–H and O–H groups in total. The second-order valence-corrected chi connectivity index (χ2v) is 15.1. The van der Waals surface area contributed by atoms with Crippen LogP contribution in [-0.2, 0) is 5.41 Å². The molecule has 3 heterocycles. The van der Waals surface area contributed by atoms with Gasteiger partial charge in [0.05, 0.1) is 21.3 Å². The van der Waals surface area contributed by atoms with Crippen LogP contribution in [0.25, 0.3) is 75.6 Å². The van der Waals surface area contributed by atoms with Gasteiger partial charge in [-0.2, -0.15) is 0 Å². The minimum Gasteiger partial charge on any atom is -0.457 e. The van der Waals surface area contributed by atoms with Crippen LogP contribution in [0.1, 0.15) is 22.3 Å². The van der Waals surface area contributed by atoms with Crippen LogP contribution in [0.5, 0.6) is 11.5 Å². The number of rotatable bonds is 2. The molecule has 2 aromatic heterocycles. The van der Waals surface area contributed by atoms with Gasteiger partial charge in [-0.25, -0.2) is 9.97 Å². The van der Waals surface area contributed by atoms with Crippen molar-refractivity contribution in [3.63, 3.8) is 0 Å². The monoisotopic (exact) mass is 692 g/mol. The zero-order valence-electron chi connectivity index (χ0n) is 28.4. The maximum Gasteiger partial charge on any atom is 0.160 e. The largest absolute Gasteiger partial charge is 0.457 e. The predicted molar refractivity (Wildman–Crippen MR) is 218 cm³/mol. The third-order valence-corrected chi connectivity index (χ3v) is 12.5. The first kappa shape index (κ1) is 29.0. The van der Waals surface area contributed by atoms with Crippen LogP contribution in [0, 0.1) is 0 Å². The van der Waals surface area contributed by atoms with Crippen molar-refractivity contribution in [1.29, 1.82) is 0 Å². The zero-order valence-corrected chi connectivity index (χ0v) is 29.2. The predicted octanol–water partition coefficient (Wildman–Crippen LogP) is 13.0. The van der Waals surface area contributed by atoms with Crippen molar-refractivity contribution < 1.29 is 4.74 Å². The lowest BCUT2D eigenvalue weighted by Crippen LogP contribution is -2.32. The molecule has 0 saturated heterocycles. The van der Waals surface area contributed by atoms with Crippen molar-refractivity contribution in [3.8, 4) is 45.3 Å². The molecule has 1 aliphatic heterocycles. The summed E-state index contributed by atoms with van der Waals surface area (Å²) in [6.45, 7) is 0. The first-order valence-electron chi connectivity index (χ1n) is 18.0. The first-order chi connectivity index (χ1) is 26.3. The van der Waals surface area contributed by atoms with Crippen molar-refractivity contribution in [2.75, 3.05) is 0 Å². The lowest BCUT2D eigenvalue weighted by atomic mass is 9.66. The maximum atomic E-state index is 6.66. The fourth-order valence-electron chi connectivity index (χ4n) is 9.14. The molecular weight excluding hydrogens is 665 g/mol. The summed E-state index contributed by atoms with van der Waals surface area (Å²) in [4.78, 5) is 10.9. The van der Waals surface area contributed by atoms with Gasteiger partial charge in [0, 0.05) is 32.3 Å². The number of hydrogen-bond acceptors (Lipinski definition) is 4. The highest BCUT2D eigenvalue weighted by Crippen LogP contribution is 2.64. The molecule has 10 aromatic rings. The van der Waals surface area contributed by atoms with Crippen molar-refractivity contribution in [2.45, 2.75) is 5.41 Å². The van der Waals surface area contributed by atoms with E-state index in [1.807, 2.05) is 0 Å². The average molecular weight is 693 g/mol. The summed E-state index contributed by atoms with van der Waals surface area (Å²) in [6, 6.07) is 61.1. The Morgan fingerprint density at radius 3 is 1.94 bits per heavy atom. The molecule has 8 aromatic carbocycles. The van der Waals surface area contributed by atoms with E-state index in [1.54, 1.807) is 11.3 Å². The summed E-state index contributed by atoms with van der Waals surface area (Å²) in [7, 11) is 0. The molecule has 0 unspecified atom stereocenters. The molecular formula is C49H28N2OS. The first-order valence-corrected chi connectivity index (χ1v) is 18.8. The van der Waals surface area contributed by atoms with Gasteiger partial charge in [0.15, 0.2) is 5.82 Å². The van der Waals surface area contributed by atoms with Gasteiger partial charge < -0.3 is 4.74 Å². The normalized spacial score (nSPS) is 13.6. The van der Waals surface area contributed by atoms with Gasteiger partial charge in [0.25, 0.3) is 0 Å². The fraction of sp³-hybridized carbons (Fsp3) is 0.0204. The third kappa shape index (κ3) is 3.88. The number of hydrogen-bond donors (Lipinski definition) is 0. The van der Waals surface area contributed by atoms with E-state index in [-0.39, 0.29) is 0 Å². The maximum absolute atomic E-state index is 6.66. The Labute approximate surface area is 309 Å². The molecule has 246 valence electrons. The van der Waals surface area contributed by atoms with E-state index in [0.717, 1.165) is 60.9 Å². The molecule has 0 atom stereocenters. The van der Waals surface area contributed by atoms with Gasteiger partial charge >= 0.3 is 0 Å². The van der Waals surface area contributed by atoms with Crippen LogP contribution < -0.4 is 4.74 Å². The smallest absolute Gasteiger partial charge is 0.160 e. The molecule has 4 heteroatoms. The summed E-state index contributed by atoms with van der Waals surface area (Å²) in [5.41, 5.74) is 10.7. The van der Waals surface area contributed by atoms with Crippen LogP contribution in [-0.4, -0.2) is 9.97 Å². The summed E-state index contributed by atoms with van der Waals surface area (Å²) in [6.07, 6.45) is 0. The Morgan fingerprint density at radius 1 is 0.472 bits per heavy atom. The van der Waals surface area contributed by atoms with Crippen molar-refractivity contribution in [2.24, 2.45) is 0 Å². The minimum absolute atomic E-state index is 0.594. The van der Waals surface area contributed by atoms with Gasteiger partial charge in [0.1, 0.15) is 11.5 Å². The van der Waals surface area contributed by atoms with E-state index in [9.17, 15) is 0 Å². The van der Waals surface area contributed by atoms with Gasteiger partial charge in [0.2, 0.25) is 0 Å². The molecule has 0 bridgehead atoms. The van der Waals surface area contributed by atoms with E-state index in [0.29, 0.717) is 0 Å². The molecule has 0 radical (unpaired) electrons. The van der Waals surface area contributed by atoms with Crippen LogP contribution >= 0.6 is 11.3 Å². The van der Waals surface area contributed by atoms with Crippen LogP contribution in [0.2, 0.25) is 0 Å². The number of nitrogens with zero attached hydrogens (tertiary/aromatic N) is 2. The topological polar surface area (TPSA) is 35.0 Å². The molecule has 1 spiro atoms. The fourth-order valence-corrected chi connectivity index (χ4v) is 10.3. The minimum atomic E-state index is -0.594. The van der Waals surface area contributed by atoms with E-state index in [1.165, 1.54) is 48.5 Å². The zero-order chi connectivity index (χ0) is 34.7. The second kappa shape index (κ2) is 10.7. The molecule has 0 amide bonds. The van der Waals surface area contributed by atoms with Crippen molar-refractivity contribution in [1.82, 2.24) is 9.97 Å². The summed E-state index contributed by atoms with van der Waals surface area (Å²) >= 11 is 1.78. The van der Waals surface area contributed by atoms with E-state index < -0.39 is 5.41 Å². The third-order valence-electron chi connectivity index (χ3n) is 11.3. The molecule has 2 aliphatic rings. The highest BCUT2D eigenvalue weighted by molar-refractivity contribution is 7.26. The Bertz CT molecular complexity index is 3130. The summed E-state index contributed by atoms with van der Waals surface area (Å²) < 4.78 is 8.97. The molecule has 0 saturated carbocycles. The van der Waals surface area contributed by atoms with E-state index in [4.69, 9.17) is 14.7 Å². The number of benzene rings is 8. The molecule has 1 aliphatic carbocycles. The van der Waals surface area contributed by atoms with Crippen molar-refractivity contribution >= 4 is 53.2 Å². The van der Waals surface area contributed by atoms with Crippen LogP contribution in [0.3, 0.4) is 0 Å². The van der Waals surface area contributed by atoms with Crippen molar-refractivity contribution in [3.05, 3.63) is 192 Å². The van der Waals surface area contributed by atoms with Gasteiger partial charge in [-0.1, -0.05) is 146 Å². The molecule has 53 heavy (non-hydrogen) atoms. The highest BCUT2D eigenvalue weighted by Gasteiger charge is 2.52. The van der Waals surface area contributed by atoms with Crippen LogP contribution in [0.15, 0.2) is 170 Å². The molecule has 12 rings (SSSR count). The van der Waals surface area contributed by atoms with E-state index in [2.05, 4.69) is 170 Å². The average Bonchev–Trinajstić information content (AvgIpc) is 3.75. The number of fused-ring (bicyclic) bond motifs is 15. The molecule has 0 fully saturated rings. The molecule has 3 nitrogen and oxygen atoms in total. The number of aromatic nitrogens is 2. The number of ether oxygens (including phenoxy) is 1. The summed E-state index contributed by atoms with van der Waals surface area (Å²) in [5, 5.41) is 5.97. The van der Waals surface area contributed by atoms with Gasteiger partial charge in [-0.15, -0.1) is 11.3 Å². The summed E-state index contributed by atoms with van der Waals surface area (Å²) in [5.74, 6) is 2.50. The van der Waals surface area contributed by atoms with Gasteiger partial charge in [-0.3, -0.25) is 0 Å². The van der Waals surface area contributed by atoms with E-state index >= 15 is 0 Å². The SMILES string of the molecule is c1ccc2c(c1)Oc1ccccc1C21c2cccc(-c3nc(-c4ccc5ccccc5c4)nc4c3sc3ccccc34)c2-c2c1ccc1ccccc21. The highest BCUT2D eigenvalue weighted by atomic mass is 32.1. The standard InChI is InChI=1S/C49H28N2OS/c1-2-14-31-28-32(25-24-29(31)12-1)48-50-45-34-16-5-10-23-42(34)53-47(45)46(51-48)35-17-11-20-38-44(35)43-33-15-4-3-13-30(33)26-27-39(43)49(38)36-18-6-8-21-40(36)52-41-22-9-7-19-37(41)49/h1-28H. The number of para-hydroxylation sites is 2. The Kier molecular flexibility index (Phi) is 5.86. The quantitative estimate of drug-likeness (QED) is 0.181. The Balaban J connectivity index is 1.24.